The Morgan fingerprint density at radius 2 is 1.53 bits per heavy atom. The summed E-state index contributed by atoms with van der Waals surface area (Å²) in [6, 6.07) is 4.92. The van der Waals surface area contributed by atoms with Crippen LogP contribution in [0.25, 0.3) is 0 Å². The topological polar surface area (TPSA) is 227 Å². The Morgan fingerprint density at radius 1 is 0.894 bits per heavy atom. The lowest BCUT2D eigenvalue weighted by molar-refractivity contribution is -0.147. The molecule has 5 heterocycles. The molecule has 5 aliphatic heterocycles. The van der Waals surface area contributed by atoms with Gasteiger partial charge in [0, 0.05) is 58.6 Å². The summed E-state index contributed by atoms with van der Waals surface area (Å²) in [5, 5.41) is 23.3. The Hall–Kier alpha value is -3.30. The average Bonchev–Trinajstić information content (AvgIpc) is 3.60. The molecule has 2 unspecified atom stereocenters. The van der Waals surface area contributed by atoms with Crippen LogP contribution in [-0.2, 0) is 76.9 Å². The molecule has 0 amide bonds. The van der Waals surface area contributed by atoms with Crippen molar-refractivity contribution >= 4 is 33.8 Å². The zero-order chi connectivity index (χ0) is 49.2. The molecule has 6 rings (SSSR count). The quantitative estimate of drug-likeness (QED) is 0.0378. The molecule has 4 fully saturated rings. The van der Waals surface area contributed by atoms with Crippen LogP contribution in [0.4, 0.5) is 4.39 Å². The van der Waals surface area contributed by atoms with E-state index in [0.29, 0.717) is 77.0 Å². The van der Waals surface area contributed by atoms with Crippen LogP contribution in [0.3, 0.4) is 0 Å². The Morgan fingerprint density at radius 3 is 2.06 bits per heavy atom. The molecule has 5 aliphatic rings. The van der Waals surface area contributed by atoms with Gasteiger partial charge in [-0.3, -0.25) is 0 Å². The summed E-state index contributed by atoms with van der Waals surface area (Å²) in [6.45, 7) is 16.7. The zero-order valence-electron chi connectivity index (χ0n) is 39.1. The number of carbonyl (C=O) groups is 1. The molecule has 0 aliphatic carbocycles. The van der Waals surface area contributed by atoms with E-state index in [2.05, 4.69) is 60.9 Å². The maximum Gasteiger partial charge on any atom is 0.331 e. The Balaban J connectivity index is 0.000000413. The van der Waals surface area contributed by atoms with Gasteiger partial charge in [-0.1, -0.05) is 44.5 Å². The van der Waals surface area contributed by atoms with Crippen LogP contribution in [-0.4, -0.2) is 200 Å². The normalized spacial score (nSPS) is 24.2. The highest BCUT2D eigenvalue weighted by Crippen LogP contribution is 2.44. The van der Waals surface area contributed by atoms with Crippen molar-refractivity contribution in [3.05, 3.63) is 72.0 Å². The standard InChI is InChI=1S/C13H15BrFNO3.C8H14O4.C7H11NO3.C7H13NO3.C5H10O2.C4H8O2/c1-17-6-12-10-5-19-16-13(10,7-18-12)9-4-8(14)2-3-11(9)15;1-4-7(5-10-2)12-6-8(9)11-3;1-9-4-7-5-2-11-8-6(5)3-10-7;1-3-7(6-10-2)11-5-4-8-9;1-3-5(6)4-7-2;1-5-2-4-3-6-4/h2-4,10,12,16H,5-7H2,1H3;4,7H,1,5-6H2,2-3H3;5,7H,2-4H2,1H3;3-4,7,9H,1,5-6H2,2H3;3,5-6H,1,4H2,2H3;4H,2-3H2,1H3/b;;;8-4+;;/t10?,12-,13-;7-;5?,7-;7-;5-;4-/m101001/s1. The average molecular weight is 1010 g/mol. The van der Waals surface area contributed by atoms with Gasteiger partial charge in [0.15, 0.2) is 0 Å². The fourth-order valence-corrected chi connectivity index (χ4v) is 6.43. The number of esters is 1. The van der Waals surface area contributed by atoms with E-state index in [9.17, 15) is 9.18 Å². The first kappa shape index (κ1) is 60.7. The lowest BCUT2D eigenvalue weighted by Crippen LogP contribution is -2.43. The van der Waals surface area contributed by atoms with Crippen molar-refractivity contribution in [2.24, 2.45) is 22.1 Å². The van der Waals surface area contributed by atoms with Crippen LogP contribution in [0.5, 0.6) is 0 Å². The van der Waals surface area contributed by atoms with Crippen LogP contribution in [0.1, 0.15) is 5.56 Å². The third-order valence-electron chi connectivity index (χ3n) is 9.61. The first-order valence-electron chi connectivity index (χ1n) is 20.8. The predicted octanol–water partition coefficient (Wildman–Crippen LogP) is 3.27. The molecule has 0 aromatic heterocycles. The fraction of sp³-hybridized carbons (Fsp3) is 0.659. The lowest BCUT2D eigenvalue weighted by atomic mass is 9.79. The number of hydrogen-bond acceptors (Lipinski definition) is 20. The van der Waals surface area contributed by atoms with Crippen LogP contribution >= 0.6 is 15.9 Å². The van der Waals surface area contributed by atoms with Crippen molar-refractivity contribution in [3.8, 4) is 0 Å². The highest BCUT2D eigenvalue weighted by atomic mass is 79.9. The molecule has 1 aromatic carbocycles. The summed E-state index contributed by atoms with van der Waals surface area (Å²) in [5.41, 5.74) is 3.94. The number of methoxy groups -OCH3 is 7. The van der Waals surface area contributed by atoms with Gasteiger partial charge in [0.2, 0.25) is 0 Å². The van der Waals surface area contributed by atoms with Crippen LogP contribution in [0, 0.1) is 17.7 Å². The van der Waals surface area contributed by atoms with E-state index in [1.165, 1.54) is 32.6 Å². The molecule has 3 N–H and O–H groups in total. The molecule has 378 valence electrons. The summed E-state index contributed by atoms with van der Waals surface area (Å²) in [6.07, 6.45) is 5.49. The molecule has 9 atom stereocenters. The van der Waals surface area contributed by atoms with E-state index < -0.39 is 17.6 Å². The van der Waals surface area contributed by atoms with Gasteiger partial charge in [-0.15, -0.1) is 19.7 Å². The van der Waals surface area contributed by atoms with Crippen molar-refractivity contribution in [1.29, 1.82) is 0 Å². The van der Waals surface area contributed by atoms with Crippen molar-refractivity contribution in [2.45, 2.75) is 42.2 Å². The van der Waals surface area contributed by atoms with Gasteiger partial charge in [-0.05, 0) is 18.2 Å². The second kappa shape index (κ2) is 36.7. The predicted molar refractivity (Wildman–Crippen MR) is 244 cm³/mol. The number of nitrogens with zero attached hydrogens (tertiary/aromatic N) is 2. The number of aliphatic hydroxyl groups excluding tert-OH is 1. The van der Waals surface area contributed by atoms with Gasteiger partial charge in [0.05, 0.1) is 128 Å². The van der Waals surface area contributed by atoms with Gasteiger partial charge in [-0.25, -0.2) is 9.18 Å². The molecule has 4 saturated heterocycles. The molecular formula is C44H71BrFN3O17. The number of ether oxygens (including phenoxy) is 12. The number of fused-ring (bicyclic) bond motifs is 2. The van der Waals surface area contributed by atoms with Gasteiger partial charge in [0.25, 0.3) is 0 Å². The minimum absolute atomic E-state index is 0.0382. The fourth-order valence-electron chi connectivity index (χ4n) is 6.07. The summed E-state index contributed by atoms with van der Waals surface area (Å²) in [5.74, 6) is -0.281. The molecule has 1 aromatic rings. The molecular weight excluding hydrogens is 941 g/mol. The third kappa shape index (κ3) is 23.1. The number of hydrogen-bond donors (Lipinski definition) is 3. The highest BCUT2D eigenvalue weighted by molar-refractivity contribution is 9.10. The summed E-state index contributed by atoms with van der Waals surface area (Å²) in [7, 11) is 11.0. The van der Waals surface area contributed by atoms with E-state index in [1.54, 1.807) is 59.8 Å². The summed E-state index contributed by atoms with van der Waals surface area (Å²) in [4.78, 5) is 20.9. The van der Waals surface area contributed by atoms with Gasteiger partial charge < -0.3 is 76.8 Å². The first-order chi connectivity index (χ1) is 31.9. The first-order valence-corrected chi connectivity index (χ1v) is 21.5. The number of benzene rings is 1. The van der Waals surface area contributed by atoms with Crippen LogP contribution in [0.15, 0.2) is 70.9 Å². The minimum Gasteiger partial charge on any atom is -0.467 e. The smallest absolute Gasteiger partial charge is 0.331 e. The number of hydroxylamine groups is 1. The Labute approximate surface area is 396 Å². The van der Waals surface area contributed by atoms with E-state index in [0.717, 1.165) is 23.4 Å². The number of epoxide rings is 1. The molecule has 0 saturated carbocycles. The number of carbonyl (C=O) groups excluding carboxylic acids is 1. The molecule has 0 bridgehead atoms. The van der Waals surface area contributed by atoms with E-state index in [1.807, 2.05) is 0 Å². The van der Waals surface area contributed by atoms with Crippen molar-refractivity contribution < 1.29 is 86.0 Å². The van der Waals surface area contributed by atoms with E-state index in [-0.39, 0.29) is 49.4 Å². The van der Waals surface area contributed by atoms with Crippen molar-refractivity contribution in [2.75, 3.05) is 136 Å². The van der Waals surface area contributed by atoms with Gasteiger partial charge in [-0.2, -0.15) is 5.48 Å². The highest BCUT2D eigenvalue weighted by Gasteiger charge is 2.56. The van der Waals surface area contributed by atoms with E-state index >= 15 is 0 Å². The molecule has 0 radical (unpaired) electrons. The molecule has 66 heavy (non-hydrogen) atoms. The monoisotopic (exact) mass is 1010 g/mol. The Bertz CT molecular complexity index is 1550. The maximum atomic E-state index is 14.2. The number of oxime groups is 2. The van der Waals surface area contributed by atoms with Crippen molar-refractivity contribution in [1.82, 2.24) is 5.48 Å². The third-order valence-corrected chi connectivity index (χ3v) is 10.1. The summed E-state index contributed by atoms with van der Waals surface area (Å²) >= 11 is 3.38. The summed E-state index contributed by atoms with van der Waals surface area (Å²) < 4.78 is 74.7. The lowest BCUT2D eigenvalue weighted by Gasteiger charge is -2.27. The second-order valence-corrected chi connectivity index (χ2v) is 15.3. The SMILES string of the molecule is C=C[C@@H](COC)OC/C=N/O.C=C[C@@H](COC)OCC(=O)OC.C=C[C@H](O)COC.COC[C@@H]1CO1.COC[C@H]1OCC2=NOCC21.COC[C@H]1OC[C@]2(c3cc(Br)ccc3F)NOCC12. The second-order valence-electron chi connectivity index (χ2n) is 14.4. The molecule has 0 spiro atoms. The van der Waals surface area contributed by atoms with E-state index in [4.69, 9.17) is 67.4 Å². The largest absolute Gasteiger partial charge is 0.467 e. The minimum atomic E-state index is -0.628. The zero-order valence-corrected chi connectivity index (χ0v) is 40.7. The number of rotatable bonds is 22. The number of halogens is 2. The van der Waals surface area contributed by atoms with Crippen LogP contribution < -0.4 is 5.48 Å². The van der Waals surface area contributed by atoms with Gasteiger partial charge >= 0.3 is 5.97 Å². The maximum absolute atomic E-state index is 14.2. The number of aliphatic hydroxyl groups is 1. The van der Waals surface area contributed by atoms with Gasteiger partial charge in [0.1, 0.15) is 30.7 Å². The molecule has 22 heteroatoms. The number of nitrogens with one attached hydrogen (secondary N) is 1. The Kier molecular flexibility index (Phi) is 33.8. The van der Waals surface area contributed by atoms with Crippen molar-refractivity contribution in [3.63, 3.8) is 0 Å². The molecule has 20 nitrogen and oxygen atoms in total. The van der Waals surface area contributed by atoms with Crippen LogP contribution in [0.2, 0.25) is 0 Å².